The lowest BCUT2D eigenvalue weighted by molar-refractivity contribution is 0.485. The van der Waals surface area contributed by atoms with Gasteiger partial charge in [0.1, 0.15) is 11.8 Å². The quantitative estimate of drug-likeness (QED) is 0.836. The van der Waals surface area contributed by atoms with Crippen molar-refractivity contribution in [2.24, 2.45) is 0 Å². The minimum atomic E-state index is 0.305. The first-order valence-electron chi connectivity index (χ1n) is 5.03. The van der Waals surface area contributed by atoms with Crippen molar-refractivity contribution >= 4 is 33.2 Å². The standard InChI is InChI=1S/C13H8BrClN2O/c14-9-4-5-11(10(15)6-9)18-12-3-1-2-8(7-16)13(12)17/h1-6H,17H2. The summed E-state index contributed by atoms with van der Waals surface area (Å²) in [5, 5.41) is 9.35. The van der Waals surface area contributed by atoms with Crippen LogP contribution in [0, 0.1) is 11.3 Å². The molecular weight excluding hydrogens is 316 g/mol. The summed E-state index contributed by atoms with van der Waals surface area (Å²) in [7, 11) is 0. The topological polar surface area (TPSA) is 59.0 Å². The van der Waals surface area contributed by atoms with E-state index in [4.69, 9.17) is 27.3 Å². The first-order valence-corrected chi connectivity index (χ1v) is 6.20. The monoisotopic (exact) mass is 322 g/mol. The van der Waals surface area contributed by atoms with Crippen molar-refractivity contribution in [3.8, 4) is 17.6 Å². The molecule has 0 aliphatic carbocycles. The van der Waals surface area contributed by atoms with E-state index < -0.39 is 0 Å². The lowest BCUT2D eigenvalue weighted by atomic mass is 10.2. The van der Waals surface area contributed by atoms with Gasteiger partial charge in [0.25, 0.3) is 0 Å². The predicted octanol–water partition coefficient (Wildman–Crippen LogP) is 4.35. The number of hydrogen-bond donors (Lipinski definition) is 1. The van der Waals surface area contributed by atoms with Crippen LogP contribution in [0.3, 0.4) is 0 Å². The number of hydrogen-bond acceptors (Lipinski definition) is 3. The van der Waals surface area contributed by atoms with Crippen LogP contribution in [0.25, 0.3) is 0 Å². The van der Waals surface area contributed by atoms with Gasteiger partial charge in [0.2, 0.25) is 0 Å². The highest BCUT2D eigenvalue weighted by Gasteiger charge is 2.09. The Morgan fingerprint density at radius 3 is 2.67 bits per heavy atom. The van der Waals surface area contributed by atoms with E-state index in [-0.39, 0.29) is 0 Å². The van der Waals surface area contributed by atoms with Gasteiger partial charge < -0.3 is 10.5 Å². The fourth-order valence-corrected chi connectivity index (χ4v) is 2.12. The SMILES string of the molecule is N#Cc1cccc(Oc2ccc(Br)cc2Cl)c1N. The molecule has 0 heterocycles. The zero-order valence-electron chi connectivity index (χ0n) is 9.15. The third kappa shape index (κ3) is 2.58. The van der Waals surface area contributed by atoms with E-state index in [0.717, 1.165) is 4.47 Å². The zero-order chi connectivity index (χ0) is 13.1. The van der Waals surface area contributed by atoms with Crippen LogP contribution in [0.4, 0.5) is 5.69 Å². The molecule has 0 fully saturated rings. The Morgan fingerprint density at radius 1 is 1.22 bits per heavy atom. The van der Waals surface area contributed by atoms with E-state index in [1.54, 1.807) is 30.3 Å². The van der Waals surface area contributed by atoms with Crippen LogP contribution < -0.4 is 10.5 Å². The Labute approximate surface area is 118 Å². The van der Waals surface area contributed by atoms with Crippen LogP contribution in [-0.2, 0) is 0 Å². The van der Waals surface area contributed by atoms with Crippen LogP contribution in [0.1, 0.15) is 5.56 Å². The molecule has 2 rings (SSSR count). The molecule has 0 aliphatic rings. The molecule has 2 aromatic carbocycles. The highest BCUT2D eigenvalue weighted by molar-refractivity contribution is 9.10. The van der Waals surface area contributed by atoms with Gasteiger partial charge >= 0.3 is 0 Å². The molecule has 0 spiro atoms. The zero-order valence-corrected chi connectivity index (χ0v) is 11.5. The van der Waals surface area contributed by atoms with E-state index in [9.17, 15) is 0 Å². The Hall–Kier alpha value is -1.70. The lowest BCUT2D eigenvalue weighted by Gasteiger charge is -2.10. The highest BCUT2D eigenvalue weighted by atomic mass is 79.9. The second kappa shape index (κ2) is 5.30. The molecule has 0 bridgehead atoms. The molecule has 0 saturated carbocycles. The fraction of sp³-hybridized carbons (Fsp3) is 0. The summed E-state index contributed by atoms with van der Waals surface area (Å²) in [5.41, 5.74) is 6.50. The number of halogens is 2. The summed E-state index contributed by atoms with van der Waals surface area (Å²) in [6.45, 7) is 0. The summed E-state index contributed by atoms with van der Waals surface area (Å²) in [6, 6.07) is 12.3. The van der Waals surface area contributed by atoms with Gasteiger partial charge in [-0.2, -0.15) is 5.26 Å². The average molecular weight is 324 g/mol. The van der Waals surface area contributed by atoms with Gasteiger partial charge in [0.05, 0.1) is 16.3 Å². The highest BCUT2D eigenvalue weighted by Crippen LogP contribution is 2.35. The number of nitrogens with zero attached hydrogens (tertiary/aromatic N) is 1. The molecule has 0 saturated heterocycles. The third-order valence-electron chi connectivity index (χ3n) is 2.30. The third-order valence-corrected chi connectivity index (χ3v) is 3.09. The molecular formula is C13H8BrClN2O. The summed E-state index contributed by atoms with van der Waals surface area (Å²) < 4.78 is 6.47. The maximum absolute atomic E-state index is 8.88. The van der Waals surface area contributed by atoms with E-state index in [1.165, 1.54) is 0 Å². The summed E-state index contributed by atoms with van der Waals surface area (Å²) >= 11 is 9.36. The molecule has 0 atom stereocenters. The number of nitrogens with two attached hydrogens (primary N) is 1. The normalized spacial score (nSPS) is 9.83. The Kier molecular flexibility index (Phi) is 3.75. The molecule has 2 aromatic rings. The van der Waals surface area contributed by atoms with Crippen LogP contribution in [0.15, 0.2) is 40.9 Å². The maximum atomic E-state index is 8.88. The summed E-state index contributed by atoms with van der Waals surface area (Å²) in [4.78, 5) is 0. The molecule has 0 unspecified atom stereocenters. The van der Waals surface area contributed by atoms with Gasteiger partial charge in [-0.25, -0.2) is 0 Å². The Bertz CT molecular complexity index is 637. The summed E-state index contributed by atoms with van der Waals surface area (Å²) in [5.74, 6) is 0.903. The van der Waals surface area contributed by atoms with Crippen molar-refractivity contribution < 1.29 is 4.74 Å². The average Bonchev–Trinajstić information content (AvgIpc) is 2.35. The van der Waals surface area contributed by atoms with Gasteiger partial charge in [-0.15, -0.1) is 0 Å². The van der Waals surface area contributed by atoms with Crippen molar-refractivity contribution in [3.05, 3.63) is 51.5 Å². The van der Waals surface area contributed by atoms with Gasteiger partial charge in [0, 0.05) is 4.47 Å². The van der Waals surface area contributed by atoms with Crippen molar-refractivity contribution in [1.29, 1.82) is 5.26 Å². The fourth-order valence-electron chi connectivity index (χ4n) is 1.41. The van der Waals surface area contributed by atoms with Crippen molar-refractivity contribution in [3.63, 3.8) is 0 Å². The largest absolute Gasteiger partial charge is 0.454 e. The number of benzene rings is 2. The smallest absolute Gasteiger partial charge is 0.151 e. The van der Waals surface area contributed by atoms with E-state index in [1.807, 2.05) is 12.1 Å². The molecule has 90 valence electrons. The van der Waals surface area contributed by atoms with Crippen molar-refractivity contribution in [1.82, 2.24) is 0 Å². The van der Waals surface area contributed by atoms with Crippen LogP contribution in [0.2, 0.25) is 5.02 Å². The molecule has 0 radical (unpaired) electrons. The van der Waals surface area contributed by atoms with Gasteiger partial charge in [0.15, 0.2) is 5.75 Å². The number of para-hydroxylation sites is 1. The van der Waals surface area contributed by atoms with Gasteiger partial charge in [-0.3, -0.25) is 0 Å². The number of anilines is 1. The van der Waals surface area contributed by atoms with E-state index in [0.29, 0.717) is 27.8 Å². The van der Waals surface area contributed by atoms with Crippen LogP contribution >= 0.6 is 27.5 Å². The first-order chi connectivity index (χ1) is 8.61. The van der Waals surface area contributed by atoms with Crippen LogP contribution in [-0.4, -0.2) is 0 Å². The Balaban J connectivity index is 2.38. The minimum absolute atomic E-state index is 0.305. The molecule has 5 heteroatoms. The van der Waals surface area contributed by atoms with Gasteiger partial charge in [-0.05, 0) is 30.3 Å². The molecule has 0 amide bonds. The van der Waals surface area contributed by atoms with E-state index >= 15 is 0 Å². The molecule has 2 N–H and O–H groups in total. The second-order valence-electron chi connectivity index (χ2n) is 3.51. The molecule has 0 aromatic heterocycles. The van der Waals surface area contributed by atoms with Crippen molar-refractivity contribution in [2.45, 2.75) is 0 Å². The summed E-state index contributed by atoms with van der Waals surface area (Å²) in [6.07, 6.45) is 0. The predicted molar refractivity (Wildman–Crippen MR) is 74.8 cm³/mol. The van der Waals surface area contributed by atoms with Crippen LogP contribution in [0.5, 0.6) is 11.5 Å². The minimum Gasteiger partial charge on any atom is -0.454 e. The van der Waals surface area contributed by atoms with E-state index in [2.05, 4.69) is 15.9 Å². The first kappa shape index (κ1) is 12.7. The number of ether oxygens (including phenoxy) is 1. The molecule has 3 nitrogen and oxygen atoms in total. The molecule has 0 aliphatic heterocycles. The molecule has 18 heavy (non-hydrogen) atoms. The number of nitrogen functional groups attached to an aromatic ring is 1. The Morgan fingerprint density at radius 2 is 2.00 bits per heavy atom. The van der Waals surface area contributed by atoms with Gasteiger partial charge in [-0.1, -0.05) is 33.6 Å². The maximum Gasteiger partial charge on any atom is 0.151 e. The second-order valence-corrected chi connectivity index (χ2v) is 4.83. The van der Waals surface area contributed by atoms with Crippen molar-refractivity contribution in [2.75, 3.05) is 5.73 Å². The lowest BCUT2D eigenvalue weighted by Crippen LogP contribution is -1.95. The number of nitriles is 1. The number of rotatable bonds is 2.